The van der Waals surface area contributed by atoms with Gasteiger partial charge in [-0.25, -0.2) is 9.97 Å². The van der Waals surface area contributed by atoms with E-state index in [1.165, 1.54) is 22.9 Å². The van der Waals surface area contributed by atoms with Crippen molar-refractivity contribution in [2.45, 2.75) is 18.0 Å². The van der Waals surface area contributed by atoms with Gasteiger partial charge in [-0.1, -0.05) is 48.2 Å². The molecular formula is C23H20N4OS. The molecule has 0 bridgehead atoms. The van der Waals surface area contributed by atoms with Crippen LogP contribution in [0.1, 0.15) is 11.1 Å². The predicted octanol–water partition coefficient (Wildman–Crippen LogP) is 4.52. The summed E-state index contributed by atoms with van der Waals surface area (Å²) in [6.45, 7) is 0. The number of benzene rings is 2. The molecule has 0 spiro atoms. The fourth-order valence-electron chi connectivity index (χ4n) is 3.87. The molecule has 1 aliphatic rings. The summed E-state index contributed by atoms with van der Waals surface area (Å²) >= 11 is 1.45. The van der Waals surface area contributed by atoms with Gasteiger partial charge in [-0.2, -0.15) is 0 Å². The van der Waals surface area contributed by atoms with Crippen LogP contribution in [0.25, 0.3) is 11.2 Å². The zero-order chi connectivity index (χ0) is 19.8. The Balaban J connectivity index is 1.48. The topological polar surface area (TPSA) is 51.0 Å². The highest BCUT2D eigenvalue weighted by Crippen LogP contribution is 2.36. The maximum Gasteiger partial charge on any atom is 0.242 e. The third-order valence-electron chi connectivity index (χ3n) is 5.29. The van der Waals surface area contributed by atoms with Crippen molar-refractivity contribution in [1.82, 2.24) is 14.5 Å². The van der Waals surface area contributed by atoms with Crippen LogP contribution in [0.4, 0.5) is 11.4 Å². The second kappa shape index (κ2) is 7.37. The molecule has 0 atom stereocenters. The fourth-order valence-corrected chi connectivity index (χ4v) is 4.70. The largest absolute Gasteiger partial charge is 0.307 e. The molecule has 6 heteroatoms. The monoisotopic (exact) mass is 400 g/mol. The molecule has 0 N–H and O–H groups in total. The first-order valence-corrected chi connectivity index (χ1v) is 10.6. The summed E-state index contributed by atoms with van der Waals surface area (Å²) in [7, 11) is 1.94. The minimum absolute atomic E-state index is 0.0526. The molecule has 0 saturated carbocycles. The number of fused-ring (bicyclic) bond motifs is 3. The minimum Gasteiger partial charge on any atom is -0.307 e. The first-order valence-electron chi connectivity index (χ1n) is 9.61. The van der Waals surface area contributed by atoms with Gasteiger partial charge in [0.25, 0.3) is 0 Å². The number of carbonyl (C=O) groups is 1. The number of hydrogen-bond donors (Lipinski definition) is 0. The Morgan fingerprint density at radius 2 is 1.62 bits per heavy atom. The number of imidazole rings is 1. The Morgan fingerprint density at radius 1 is 0.966 bits per heavy atom. The molecule has 0 radical (unpaired) electrons. The fraction of sp³-hybridized carbons (Fsp3) is 0.174. The summed E-state index contributed by atoms with van der Waals surface area (Å²) in [4.78, 5) is 24.3. The number of aromatic nitrogens is 3. The molecule has 0 unspecified atom stereocenters. The molecule has 0 fully saturated rings. The molecule has 1 aliphatic heterocycles. The van der Waals surface area contributed by atoms with E-state index in [4.69, 9.17) is 0 Å². The van der Waals surface area contributed by atoms with Crippen LogP contribution in [-0.2, 0) is 24.7 Å². The summed E-state index contributed by atoms with van der Waals surface area (Å²) < 4.78 is 1.94. The van der Waals surface area contributed by atoms with Crippen LogP contribution in [-0.4, -0.2) is 26.2 Å². The molecule has 0 aliphatic carbocycles. The number of anilines is 2. The molecule has 144 valence electrons. The Labute approximate surface area is 173 Å². The molecule has 2 aromatic heterocycles. The van der Waals surface area contributed by atoms with Crippen molar-refractivity contribution in [1.29, 1.82) is 0 Å². The maximum absolute atomic E-state index is 13.4. The van der Waals surface area contributed by atoms with Crippen molar-refractivity contribution < 1.29 is 4.79 Å². The zero-order valence-corrected chi connectivity index (χ0v) is 16.9. The lowest BCUT2D eigenvalue weighted by atomic mass is 10.0. The summed E-state index contributed by atoms with van der Waals surface area (Å²) in [5.74, 6) is 0.358. The Hall–Kier alpha value is -3.12. The molecule has 3 heterocycles. The van der Waals surface area contributed by atoms with Crippen molar-refractivity contribution in [2.24, 2.45) is 7.05 Å². The number of carbonyl (C=O) groups excluding carboxylic acids is 1. The van der Waals surface area contributed by atoms with Crippen molar-refractivity contribution in [2.75, 3.05) is 10.7 Å². The standard InChI is InChI=1S/C23H20N4OS/c1-26-22-18(9-6-14-24-22)25-23(26)29-15-21(28)27-19-10-4-2-7-16(19)12-13-17-8-3-5-11-20(17)27/h2-11,14H,12-13,15H2,1H3. The lowest BCUT2D eigenvalue weighted by Gasteiger charge is -2.24. The van der Waals surface area contributed by atoms with Gasteiger partial charge >= 0.3 is 0 Å². The quantitative estimate of drug-likeness (QED) is 0.474. The molecule has 5 nitrogen and oxygen atoms in total. The van der Waals surface area contributed by atoms with Gasteiger partial charge in [0.05, 0.1) is 17.1 Å². The molecule has 4 aromatic rings. The maximum atomic E-state index is 13.4. The Bertz CT molecular complexity index is 1170. The molecule has 5 rings (SSSR count). The van der Waals surface area contributed by atoms with E-state index in [-0.39, 0.29) is 5.91 Å². The van der Waals surface area contributed by atoms with Gasteiger partial charge in [-0.05, 0) is 48.2 Å². The van der Waals surface area contributed by atoms with E-state index >= 15 is 0 Å². The van der Waals surface area contributed by atoms with Gasteiger partial charge in [0.15, 0.2) is 10.8 Å². The van der Waals surface area contributed by atoms with E-state index in [0.717, 1.165) is 40.5 Å². The van der Waals surface area contributed by atoms with Crippen LogP contribution < -0.4 is 4.90 Å². The predicted molar refractivity (Wildman–Crippen MR) is 117 cm³/mol. The first-order chi connectivity index (χ1) is 14.2. The van der Waals surface area contributed by atoms with Gasteiger partial charge in [-0.15, -0.1) is 0 Å². The van der Waals surface area contributed by atoms with Crippen molar-refractivity contribution in [3.63, 3.8) is 0 Å². The van der Waals surface area contributed by atoms with Gasteiger partial charge < -0.3 is 4.57 Å². The average molecular weight is 401 g/mol. The van der Waals surface area contributed by atoms with E-state index in [2.05, 4.69) is 22.1 Å². The van der Waals surface area contributed by atoms with Gasteiger partial charge in [0, 0.05) is 13.2 Å². The molecular weight excluding hydrogens is 380 g/mol. The number of aryl methyl sites for hydroxylation is 3. The average Bonchev–Trinajstić information content (AvgIpc) is 2.98. The van der Waals surface area contributed by atoms with Gasteiger partial charge in [-0.3, -0.25) is 9.69 Å². The van der Waals surface area contributed by atoms with Gasteiger partial charge in [0.2, 0.25) is 5.91 Å². The lowest BCUT2D eigenvalue weighted by Crippen LogP contribution is -2.28. The van der Waals surface area contributed by atoms with E-state index in [1.807, 2.05) is 65.0 Å². The van der Waals surface area contributed by atoms with Crippen LogP contribution in [0.3, 0.4) is 0 Å². The van der Waals surface area contributed by atoms with Crippen LogP contribution >= 0.6 is 11.8 Å². The van der Waals surface area contributed by atoms with Crippen LogP contribution in [0.2, 0.25) is 0 Å². The minimum atomic E-state index is 0.0526. The SMILES string of the molecule is Cn1c(SCC(=O)N2c3ccccc3CCc3ccccc32)nc2cccnc21. The van der Waals surface area contributed by atoms with Crippen LogP contribution in [0.15, 0.2) is 72.0 Å². The van der Waals surface area contributed by atoms with Crippen molar-refractivity contribution in [3.8, 4) is 0 Å². The van der Waals surface area contributed by atoms with Crippen LogP contribution in [0, 0.1) is 0 Å². The van der Waals surface area contributed by atoms with E-state index < -0.39 is 0 Å². The summed E-state index contributed by atoms with van der Waals surface area (Å²) in [6.07, 6.45) is 3.62. The number of hydrogen-bond acceptors (Lipinski definition) is 4. The normalized spacial score (nSPS) is 13.1. The third kappa shape index (κ3) is 3.19. The Morgan fingerprint density at radius 3 is 2.28 bits per heavy atom. The molecule has 29 heavy (non-hydrogen) atoms. The van der Waals surface area contributed by atoms with E-state index in [0.29, 0.717) is 5.75 Å². The summed E-state index contributed by atoms with van der Waals surface area (Å²) in [5.41, 5.74) is 6.04. The molecule has 1 amide bonds. The number of rotatable bonds is 3. The highest BCUT2D eigenvalue weighted by molar-refractivity contribution is 7.99. The lowest BCUT2D eigenvalue weighted by molar-refractivity contribution is -0.115. The van der Waals surface area contributed by atoms with E-state index in [1.54, 1.807) is 6.20 Å². The molecule has 2 aromatic carbocycles. The first kappa shape index (κ1) is 17.9. The summed E-state index contributed by atoms with van der Waals surface area (Å²) in [6, 6.07) is 20.2. The van der Waals surface area contributed by atoms with Crippen molar-refractivity contribution in [3.05, 3.63) is 78.0 Å². The highest BCUT2D eigenvalue weighted by Gasteiger charge is 2.26. The zero-order valence-electron chi connectivity index (χ0n) is 16.1. The number of thioether (sulfide) groups is 1. The second-order valence-electron chi connectivity index (χ2n) is 7.07. The number of pyridine rings is 1. The number of para-hydroxylation sites is 2. The number of nitrogens with zero attached hydrogens (tertiary/aromatic N) is 4. The van der Waals surface area contributed by atoms with Crippen LogP contribution in [0.5, 0.6) is 0 Å². The van der Waals surface area contributed by atoms with Gasteiger partial charge in [0.1, 0.15) is 5.52 Å². The third-order valence-corrected chi connectivity index (χ3v) is 6.30. The number of amides is 1. The molecule has 0 saturated heterocycles. The van der Waals surface area contributed by atoms with E-state index in [9.17, 15) is 4.79 Å². The smallest absolute Gasteiger partial charge is 0.242 e. The van der Waals surface area contributed by atoms with Crippen molar-refractivity contribution >= 4 is 40.2 Å². The Kier molecular flexibility index (Phi) is 4.56. The second-order valence-corrected chi connectivity index (χ2v) is 8.02. The highest BCUT2D eigenvalue weighted by atomic mass is 32.2. The summed E-state index contributed by atoms with van der Waals surface area (Å²) in [5, 5.41) is 0.795.